The van der Waals surface area contributed by atoms with Crippen LogP contribution in [0.5, 0.6) is 46.0 Å². The van der Waals surface area contributed by atoms with Crippen molar-refractivity contribution >= 4 is 70.5 Å². The van der Waals surface area contributed by atoms with Crippen LogP contribution < -0.4 is 63.3 Å². The molecule has 2 saturated heterocycles. The number of hydrogen-bond acceptors (Lipinski definition) is 25. The molecular weight excluding hydrogens is 1360 g/mol. The quantitative estimate of drug-likeness (QED) is 0.0772. The lowest BCUT2D eigenvalue weighted by Gasteiger charge is -2.47. The molecule has 12 rings (SSSR count). The van der Waals surface area contributed by atoms with E-state index in [9.17, 15) is 75.0 Å². The molecule has 0 radical (unpaired) electrons. The van der Waals surface area contributed by atoms with Crippen molar-refractivity contribution < 1.29 is 118 Å². The summed E-state index contributed by atoms with van der Waals surface area (Å²) in [4.78, 5) is 116. The van der Waals surface area contributed by atoms with Crippen molar-refractivity contribution in [1.82, 2.24) is 31.9 Å². The number of aliphatic carboxylic acids is 1. The third kappa shape index (κ3) is 15.4. The number of phenolic OH excluding ortho intramolecular Hbond substituents is 3. The zero-order chi connectivity index (χ0) is 72.8. The number of phenols is 3. The van der Waals surface area contributed by atoms with Gasteiger partial charge in [-0.2, -0.15) is 0 Å². The lowest BCUT2D eigenvalue weighted by molar-refractivity contribution is -0.333. The standard InChI is InChI=1S/C65H73Cl2N9O24/c1-22(2)11-33(68)57(87)75-48-50(82)25-6-9-37(31(66)13-25)96-39-15-27-16-40(54(39)100-64-55(53(85)52(84)41(21-77)98-64)99-43-20-65(4,70)56(86)23(3)95-43)97-38-10-7-26(14-32(38)67)51(83)49-62(92)74-47(63(93)94)30-17-28(78)18-36(80)44(30)29-12-24(5-8-35(29)79)45(59(89)76-49)73-60(90)46(27)72-58(88)34(19-42(69)81)71-61(48)91/h5-10,12-18,22-23,33-34,41,43,45-53,55-56,64,77-80,82-86H,11,19-21,68,70H2,1-4H3,(H2,69,81)(H,71,91)(H,72,88)(H,73,90)(H,74,92)(H,75,87)(H,76,89)(H,93,94)/t23-,33+,34-,41+,43-,45+,46?,47?,48?,49?,50+,51+,52+,53-,55+,56?,64-,65-/m0/s1. The predicted octanol–water partition coefficient (Wildman–Crippen LogP) is -0.154. The highest BCUT2D eigenvalue weighted by Gasteiger charge is 2.51. The second-order valence-electron chi connectivity index (χ2n) is 25.5. The molecule has 100 heavy (non-hydrogen) atoms. The number of fused-ring (bicyclic) bond motifs is 15. The normalized spacial score (nSPS) is 29.6. The molecule has 0 aromatic heterocycles. The number of nitrogens with two attached hydrogens (primary N) is 3. The Labute approximate surface area is 577 Å². The molecule has 35 heteroatoms. The molecular formula is C65H73Cl2N9O24. The molecule has 5 unspecified atom stereocenters. The highest BCUT2D eigenvalue weighted by Crippen LogP contribution is 2.50. The number of halogens is 2. The number of primary amides is 1. The molecule has 2 fully saturated rings. The Morgan fingerprint density at radius 1 is 0.710 bits per heavy atom. The fourth-order valence-electron chi connectivity index (χ4n) is 12.3. The summed E-state index contributed by atoms with van der Waals surface area (Å²) in [7, 11) is 0. The van der Waals surface area contributed by atoms with E-state index >= 15 is 14.4 Å². The van der Waals surface area contributed by atoms with Crippen molar-refractivity contribution in [3.05, 3.63) is 117 Å². The number of aromatic hydroxyl groups is 3. The minimum Gasteiger partial charge on any atom is -0.508 e. The number of benzene rings is 5. The molecule has 7 amide bonds. The van der Waals surface area contributed by atoms with E-state index in [1.54, 1.807) is 13.8 Å². The highest BCUT2D eigenvalue weighted by atomic mass is 35.5. The molecule has 536 valence electrons. The van der Waals surface area contributed by atoms with Crippen molar-refractivity contribution in [2.24, 2.45) is 23.1 Å². The van der Waals surface area contributed by atoms with Gasteiger partial charge in [0.15, 0.2) is 29.9 Å². The van der Waals surface area contributed by atoms with Crippen molar-refractivity contribution in [3.8, 4) is 57.1 Å². The summed E-state index contributed by atoms with van der Waals surface area (Å²) in [6.07, 6.45) is -18.8. The van der Waals surface area contributed by atoms with Crippen LogP contribution in [0.1, 0.15) is 105 Å². The minimum absolute atomic E-state index is 0.0742. The van der Waals surface area contributed by atoms with Crippen LogP contribution >= 0.6 is 23.2 Å². The molecule has 5 aromatic rings. The van der Waals surface area contributed by atoms with Crippen molar-refractivity contribution in [2.45, 2.75) is 156 Å². The summed E-state index contributed by atoms with van der Waals surface area (Å²) in [6.45, 7) is 5.53. The zero-order valence-corrected chi connectivity index (χ0v) is 54.9. The number of ether oxygens (including phenoxy) is 6. The summed E-state index contributed by atoms with van der Waals surface area (Å²) in [6, 6.07) is -1.18. The van der Waals surface area contributed by atoms with E-state index < -0.39 is 237 Å². The van der Waals surface area contributed by atoms with E-state index in [2.05, 4.69) is 31.9 Å². The first-order valence-corrected chi connectivity index (χ1v) is 31.9. The Morgan fingerprint density at radius 2 is 1.31 bits per heavy atom. The van der Waals surface area contributed by atoms with E-state index in [0.29, 0.717) is 0 Å². The number of carboxylic acid groups (broad SMARTS) is 1. The molecule has 5 aromatic carbocycles. The fourth-order valence-corrected chi connectivity index (χ4v) is 12.7. The maximum atomic E-state index is 16.0. The van der Waals surface area contributed by atoms with Gasteiger partial charge in [-0.1, -0.05) is 55.2 Å². The highest BCUT2D eigenvalue weighted by molar-refractivity contribution is 6.32. The molecule has 11 bridgehead atoms. The third-order valence-electron chi connectivity index (χ3n) is 17.5. The number of carboxylic acids is 1. The Balaban J connectivity index is 1.24. The first kappa shape index (κ1) is 73.5. The van der Waals surface area contributed by atoms with Gasteiger partial charge in [-0.3, -0.25) is 33.6 Å². The van der Waals surface area contributed by atoms with Gasteiger partial charge in [-0.05, 0) is 103 Å². The second kappa shape index (κ2) is 29.6. The number of carbonyl (C=O) groups excluding carboxylic acids is 7. The smallest absolute Gasteiger partial charge is 0.330 e. The molecule has 0 saturated carbocycles. The van der Waals surface area contributed by atoms with Gasteiger partial charge in [-0.25, -0.2) is 4.79 Å². The van der Waals surface area contributed by atoms with Crippen LogP contribution in [-0.4, -0.2) is 184 Å². The van der Waals surface area contributed by atoms with Crippen LogP contribution in [0, 0.1) is 5.92 Å². The molecule has 18 atom stereocenters. The van der Waals surface area contributed by atoms with Gasteiger partial charge in [0.25, 0.3) is 0 Å². The van der Waals surface area contributed by atoms with Crippen LogP contribution in [0.15, 0.2) is 78.9 Å². The van der Waals surface area contributed by atoms with Gasteiger partial charge in [-0.15, -0.1) is 0 Å². The first-order valence-electron chi connectivity index (χ1n) is 31.2. The van der Waals surface area contributed by atoms with Gasteiger partial charge in [0, 0.05) is 34.7 Å². The number of carbonyl (C=O) groups is 8. The van der Waals surface area contributed by atoms with Gasteiger partial charge in [0.05, 0.1) is 41.3 Å². The lowest BCUT2D eigenvalue weighted by atomic mass is 9.86. The van der Waals surface area contributed by atoms with Crippen molar-refractivity contribution in [3.63, 3.8) is 0 Å². The number of hydrogen-bond donors (Lipinski definition) is 19. The van der Waals surface area contributed by atoms with Gasteiger partial charge in [0.2, 0.25) is 53.4 Å². The van der Waals surface area contributed by atoms with Gasteiger partial charge in [0.1, 0.15) is 89.5 Å². The Kier molecular flexibility index (Phi) is 21.7. The Morgan fingerprint density at radius 3 is 1.90 bits per heavy atom. The Bertz CT molecular complexity index is 4060. The second-order valence-corrected chi connectivity index (χ2v) is 26.3. The summed E-state index contributed by atoms with van der Waals surface area (Å²) >= 11 is 14.1. The molecule has 7 aliphatic rings. The minimum atomic E-state index is -2.35. The average molecular weight is 1440 g/mol. The number of aliphatic hydroxyl groups excluding tert-OH is 6. The van der Waals surface area contributed by atoms with E-state index in [1.807, 2.05) is 0 Å². The lowest BCUT2D eigenvalue weighted by Crippen LogP contribution is -2.64. The SMILES string of the molecule is CC(C)C[C@@H](N)C(=O)NC1C(=O)N[C@@H](CC(N)=O)C(=O)NC2C(=O)N[C@H]3C(=O)NC(C(=O)NC(C(=O)O)c4cc(O)cc(O)c4-c4cc3ccc4O)[C@H](O)c3ccc(c(Cl)c3)Oc3cc2cc(c3O[C@@H]2O[C@H](CO)[C@@H](O)[C@H](O)[C@H]2O[C@H]2C[C@](C)(N)C(O)[C@H](C)O2)Oc2ccc(cc2Cl)[C@H]1O. The molecule has 0 aliphatic carbocycles. The van der Waals surface area contributed by atoms with Crippen LogP contribution in [0.2, 0.25) is 10.0 Å². The first-order chi connectivity index (χ1) is 47.1. The van der Waals surface area contributed by atoms with E-state index in [4.69, 9.17) is 68.8 Å². The van der Waals surface area contributed by atoms with Crippen LogP contribution in [0.25, 0.3) is 11.1 Å². The molecule has 7 aliphatic heterocycles. The predicted molar refractivity (Wildman–Crippen MR) is 344 cm³/mol. The maximum Gasteiger partial charge on any atom is 0.330 e. The van der Waals surface area contributed by atoms with Gasteiger partial charge < -0.3 is 129 Å². The molecule has 7 heterocycles. The monoisotopic (exact) mass is 1430 g/mol. The summed E-state index contributed by atoms with van der Waals surface area (Å²) in [5, 5.41) is 127. The third-order valence-corrected chi connectivity index (χ3v) is 18.1. The summed E-state index contributed by atoms with van der Waals surface area (Å²) in [5.41, 5.74) is 14.1. The van der Waals surface area contributed by atoms with Crippen LogP contribution in [0.3, 0.4) is 0 Å². The van der Waals surface area contributed by atoms with Gasteiger partial charge >= 0.3 is 5.97 Å². The molecule has 33 nitrogen and oxygen atoms in total. The number of amides is 7. The topological polar surface area (TPSA) is 544 Å². The van der Waals surface area contributed by atoms with Crippen molar-refractivity contribution in [1.29, 1.82) is 0 Å². The molecule has 22 N–H and O–H groups in total. The van der Waals surface area contributed by atoms with Crippen LogP contribution in [0.4, 0.5) is 0 Å². The summed E-state index contributed by atoms with van der Waals surface area (Å²) < 4.78 is 38.2. The van der Waals surface area contributed by atoms with E-state index in [0.717, 1.165) is 66.7 Å². The summed E-state index contributed by atoms with van der Waals surface area (Å²) in [5.74, 6) is -16.3. The fraction of sp³-hybridized carbons (Fsp3) is 0.415. The van der Waals surface area contributed by atoms with E-state index in [1.165, 1.54) is 26.0 Å². The number of nitrogens with one attached hydrogen (secondary N) is 6. The maximum absolute atomic E-state index is 16.0. The number of rotatable bonds is 12. The largest absolute Gasteiger partial charge is 0.508 e. The zero-order valence-electron chi connectivity index (χ0n) is 53.4. The Hall–Kier alpha value is -9.20. The number of aliphatic hydroxyl groups is 6. The van der Waals surface area contributed by atoms with Crippen LogP contribution in [-0.2, 0) is 52.6 Å². The average Bonchev–Trinajstić information content (AvgIpc) is 0.768. The molecule has 0 spiro atoms. The van der Waals surface area contributed by atoms with Crippen molar-refractivity contribution in [2.75, 3.05) is 6.61 Å². The van der Waals surface area contributed by atoms with E-state index in [-0.39, 0.29) is 46.2 Å².